The molecule has 0 saturated carbocycles. The van der Waals surface area contributed by atoms with E-state index in [-0.39, 0.29) is 17.7 Å². The lowest BCUT2D eigenvalue weighted by Gasteiger charge is -2.10. The maximum atomic E-state index is 11.7. The summed E-state index contributed by atoms with van der Waals surface area (Å²) in [5.41, 5.74) is 0.957. The number of carbonyl (C=O) groups excluding carboxylic acids is 2. The van der Waals surface area contributed by atoms with Crippen LogP contribution in [0.3, 0.4) is 0 Å². The molecule has 0 radical (unpaired) electrons. The van der Waals surface area contributed by atoms with Gasteiger partial charge in [0.05, 0.1) is 5.75 Å². The first kappa shape index (κ1) is 11.4. The van der Waals surface area contributed by atoms with E-state index in [2.05, 4.69) is 10.3 Å². The highest BCUT2D eigenvalue weighted by Gasteiger charge is 2.25. The third kappa shape index (κ3) is 2.53. The van der Waals surface area contributed by atoms with Crippen LogP contribution < -0.4 is 5.32 Å². The molecule has 0 bridgehead atoms. The number of nitrogens with one attached hydrogen (secondary N) is 1. The molecule has 2 heterocycles. The SMILES string of the molecule is Cc1csc(SCC(=O)N2CCNC2=O)n1. The van der Waals surface area contributed by atoms with Crippen LogP contribution >= 0.6 is 23.1 Å². The van der Waals surface area contributed by atoms with Gasteiger partial charge in [0.25, 0.3) is 0 Å². The first-order chi connectivity index (χ1) is 7.66. The van der Waals surface area contributed by atoms with E-state index in [0.717, 1.165) is 10.0 Å². The van der Waals surface area contributed by atoms with E-state index < -0.39 is 0 Å². The molecule has 5 nitrogen and oxygen atoms in total. The van der Waals surface area contributed by atoms with Crippen molar-refractivity contribution in [1.82, 2.24) is 15.2 Å². The molecule has 1 aliphatic heterocycles. The van der Waals surface area contributed by atoms with Gasteiger partial charge in [0.1, 0.15) is 0 Å². The molecule has 0 atom stereocenters. The van der Waals surface area contributed by atoms with Crippen molar-refractivity contribution in [3.8, 4) is 0 Å². The minimum Gasteiger partial charge on any atom is -0.336 e. The van der Waals surface area contributed by atoms with E-state index in [1.807, 2.05) is 12.3 Å². The highest BCUT2D eigenvalue weighted by molar-refractivity contribution is 8.01. The topological polar surface area (TPSA) is 62.3 Å². The molecule has 0 aromatic carbocycles. The standard InChI is InChI=1S/C9H11N3O2S2/c1-6-4-15-9(11-6)16-5-7(13)12-3-2-10-8(12)14/h4H,2-3,5H2,1H3,(H,10,14). The number of hydrogen-bond donors (Lipinski definition) is 1. The quantitative estimate of drug-likeness (QED) is 0.824. The second kappa shape index (κ2) is 4.84. The fraction of sp³-hybridized carbons (Fsp3) is 0.444. The summed E-state index contributed by atoms with van der Waals surface area (Å²) in [6, 6.07) is -0.291. The molecule has 1 N–H and O–H groups in total. The summed E-state index contributed by atoms with van der Waals surface area (Å²) in [6.07, 6.45) is 0. The molecule has 7 heteroatoms. The van der Waals surface area contributed by atoms with Crippen LogP contribution in [-0.4, -0.2) is 40.7 Å². The minimum absolute atomic E-state index is 0.159. The van der Waals surface area contributed by atoms with Gasteiger partial charge in [-0.3, -0.25) is 9.69 Å². The number of imide groups is 1. The van der Waals surface area contributed by atoms with Gasteiger partial charge in [0.2, 0.25) is 5.91 Å². The van der Waals surface area contributed by atoms with Crippen molar-refractivity contribution >= 4 is 35.0 Å². The zero-order chi connectivity index (χ0) is 11.5. The second-order valence-corrected chi connectivity index (χ2v) is 5.40. The molecule has 1 aliphatic rings. The van der Waals surface area contributed by atoms with Gasteiger partial charge in [-0.2, -0.15) is 0 Å². The Morgan fingerprint density at radius 3 is 3.12 bits per heavy atom. The fourth-order valence-electron chi connectivity index (χ4n) is 1.31. The Morgan fingerprint density at radius 2 is 2.56 bits per heavy atom. The van der Waals surface area contributed by atoms with Gasteiger partial charge in [-0.25, -0.2) is 9.78 Å². The van der Waals surface area contributed by atoms with Gasteiger partial charge in [0, 0.05) is 24.2 Å². The lowest BCUT2D eigenvalue weighted by atomic mass is 10.5. The average molecular weight is 257 g/mol. The summed E-state index contributed by atoms with van der Waals surface area (Å²) in [6.45, 7) is 2.93. The number of rotatable bonds is 3. The molecular formula is C9H11N3O2S2. The van der Waals surface area contributed by atoms with Crippen molar-refractivity contribution in [2.24, 2.45) is 0 Å². The number of urea groups is 1. The van der Waals surface area contributed by atoms with E-state index in [4.69, 9.17) is 0 Å². The third-order valence-electron chi connectivity index (χ3n) is 2.07. The Morgan fingerprint density at radius 1 is 1.75 bits per heavy atom. The second-order valence-electron chi connectivity index (χ2n) is 3.32. The lowest BCUT2D eigenvalue weighted by Crippen LogP contribution is -2.35. The van der Waals surface area contributed by atoms with Crippen LogP contribution in [0.2, 0.25) is 0 Å². The number of hydrogen-bond acceptors (Lipinski definition) is 5. The molecular weight excluding hydrogens is 246 g/mol. The number of thioether (sulfide) groups is 1. The Balaban J connectivity index is 1.86. The maximum absolute atomic E-state index is 11.7. The largest absolute Gasteiger partial charge is 0.336 e. The lowest BCUT2D eigenvalue weighted by molar-refractivity contribution is -0.124. The summed E-state index contributed by atoms with van der Waals surface area (Å²) < 4.78 is 0.866. The zero-order valence-electron chi connectivity index (χ0n) is 8.73. The van der Waals surface area contributed by atoms with E-state index in [0.29, 0.717) is 13.1 Å². The summed E-state index contributed by atoms with van der Waals surface area (Å²) in [5.74, 6) is 0.105. The summed E-state index contributed by atoms with van der Waals surface area (Å²) in [4.78, 5) is 28.3. The predicted octanol–water partition coefficient (Wildman–Crippen LogP) is 1.10. The molecule has 0 unspecified atom stereocenters. The van der Waals surface area contributed by atoms with Crippen LogP contribution in [-0.2, 0) is 4.79 Å². The van der Waals surface area contributed by atoms with Gasteiger partial charge >= 0.3 is 6.03 Å². The average Bonchev–Trinajstić information content (AvgIpc) is 2.84. The van der Waals surface area contributed by atoms with E-state index in [1.54, 1.807) is 0 Å². The van der Waals surface area contributed by atoms with Gasteiger partial charge in [-0.1, -0.05) is 11.8 Å². The van der Waals surface area contributed by atoms with Crippen molar-refractivity contribution in [2.45, 2.75) is 11.3 Å². The number of amides is 3. The van der Waals surface area contributed by atoms with E-state index in [9.17, 15) is 9.59 Å². The maximum Gasteiger partial charge on any atom is 0.324 e. The Hall–Kier alpha value is -1.08. The van der Waals surface area contributed by atoms with Gasteiger partial charge in [-0.15, -0.1) is 11.3 Å². The smallest absolute Gasteiger partial charge is 0.324 e. The first-order valence-corrected chi connectivity index (χ1v) is 6.66. The van der Waals surface area contributed by atoms with Crippen LogP contribution in [0, 0.1) is 6.92 Å². The van der Waals surface area contributed by atoms with E-state index >= 15 is 0 Å². The molecule has 1 saturated heterocycles. The van der Waals surface area contributed by atoms with Crippen molar-refractivity contribution in [3.05, 3.63) is 11.1 Å². The van der Waals surface area contributed by atoms with Crippen molar-refractivity contribution in [3.63, 3.8) is 0 Å². The van der Waals surface area contributed by atoms with Gasteiger partial charge in [0.15, 0.2) is 4.34 Å². The highest BCUT2D eigenvalue weighted by Crippen LogP contribution is 2.22. The van der Waals surface area contributed by atoms with Crippen molar-refractivity contribution < 1.29 is 9.59 Å². The zero-order valence-corrected chi connectivity index (χ0v) is 10.4. The first-order valence-electron chi connectivity index (χ1n) is 4.80. The molecule has 0 aliphatic carbocycles. The molecule has 3 amide bonds. The molecule has 2 rings (SSSR count). The van der Waals surface area contributed by atoms with Crippen LogP contribution in [0.4, 0.5) is 4.79 Å². The Bertz CT molecular complexity index is 419. The summed E-state index contributed by atoms with van der Waals surface area (Å²) in [7, 11) is 0. The Labute approximate surface area is 101 Å². The van der Waals surface area contributed by atoms with Crippen LogP contribution in [0.5, 0.6) is 0 Å². The van der Waals surface area contributed by atoms with Crippen molar-refractivity contribution in [2.75, 3.05) is 18.8 Å². The molecule has 1 aromatic rings. The van der Waals surface area contributed by atoms with Gasteiger partial charge in [-0.05, 0) is 6.92 Å². The Kier molecular flexibility index (Phi) is 3.45. The van der Waals surface area contributed by atoms with Gasteiger partial charge < -0.3 is 5.32 Å². The van der Waals surface area contributed by atoms with Crippen molar-refractivity contribution in [1.29, 1.82) is 0 Å². The molecule has 1 fully saturated rings. The number of thiazole rings is 1. The summed E-state index contributed by atoms with van der Waals surface area (Å²) >= 11 is 2.89. The fourth-order valence-corrected chi connectivity index (χ4v) is 3.04. The van der Waals surface area contributed by atoms with Crippen LogP contribution in [0.1, 0.15) is 5.69 Å². The normalized spacial score (nSPS) is 15.3. The van der Waals surface area contributed by atoms with E-state index in [1.165, 1.54) is 28.0 Å². The van der Waals surface area contributed by atoms with Crippen LogP contribution in [0.25, 0.3) is 0 Å². The number of aromatic nitrogens is 1. The van der Waals surface area contributed by atoms with Crippen LogP contribution in [0.15, 0.2) is 9.72 Å². The monoisotopic (exact) mass is 257 g/mol. The molecule has 16 heavy (non-hydrogen) atoms. The predicted molar refractivity (Wildman–Crippen MR) is 62.7 cm³/mol. The third-order valence-corrected chi connectivity index (χ3v) is 4.20. The number of carbonyl (C=O) groups is 2. The molecule has 1 aromatic heterocycles. The minimum atomic E-state index is -0.291. The number of nitrogens with zero attached hydrogens (tertiary/aromatic N) is 2. The highest BCUT2D eigenvalue weighted by atomic mass is 32.2. The summed E-state index contributed by atoms with van der Waals surface area (Å²) in [5, 5.41) is 4.54. The number of aryl methyl sites for hydroxylation is 1. The molecule has 86 valence electrons. The molecule has 0 spiro atoms.